The summed E-state index contributed by atoms with van der Waals surface area (Å²) in [7, 11) is 0. The number of benzene rings is 1. The first-order valence-electron chi connectivity index (χ1n) is 8.48. The first-order chi connectivity index (χ1) is 11.8. The molecule has 24 heavy (non-hydrogen) atoms. The van der Waals surface area contributed by atoms with Gasteiger partial charge in [-0.1, -0.05) is 19.1 Å². The lowest BCUT2D eigenvalue weighted by Crippen LogP contribution is -2.31. The Kier molecular flexibility index (Phi) is 5.39. The number of rotatable bonds is 7. The molecule has 2 aromatic heterocycles. The summed E-state index contributed by atoms with van der Waals surface area (Å²) in [6, 6.07) is 15.3. The minimum absolute atomic E-state index is 0.531. The highest BCUT2D eigenvalue weighted by Crippen LogP contribution is 2.16. The molecule has 0 aliphatic carbocycles. The molecule has 0 amide bonds. The summed E-state index contributed by atoms with van der Waals surface area (Å²) < 4.78 is 1.88. The Balaban J connectivity index is 1.72. The standard InChI is InChI=1S/C20H24N4/c1-3-17(2)23(16-19-9-12-21-13-10-19)15-18-5-7-20(8-6-18)24-14-4-11-22-24/h4-14,17H,3,15-16H2,1-2H3. The lowest BCUT2D eigenvalue weighted by Gasteiger charge is -2.28. The zero-order valence-electron chi connectivity index (χ0n) is 14.3. The van der Waals surface area contributed by atoms with E-state index < -0.39 is 0 Å². The SMILES string of the molecule is CCC(C)N(Cc1ccncc1)Cc1ccc(-n2cccn2)cc1. The molecule has 124 valence electrons. The van der Waals surface area contributed by atoms with Gasteiger partial charge in [-0.05, 0) is 54.8 Å². The first kappa shape index (κ1) is 16.4. The summed E-state index contributed by atoms with van der Waals surface area (Å²) >= 11 is 0. The Morgan fingerprint density at radius 2 is 1.62 bits per heavy atom. The quantitative estimate of drug-likeness (QED) is 0.658. The maximum atomic E-state index is 4.27. The largest absolute Gasteiger partial charge is 0.292 e. The minimum atomic E-state index is 0.531. The third kappa shape index (κ3) is 4.09. The van der Waals surface area contributed by atoms with Crippen LogP contribution in [-0.2, 0) is 13.1 Å². The van der Waals surface area contributed by atoms with E-state index in [1.165, 1.54) is 11.1 Å². The van der Waals surface area contributed by atoms with E-state index in [1.54, 1.807) is 6.20 Å². The molecule has 0 aliphatic heterocycles. The zero-order valence-corrected chi connectivity index (χ0v) is 14.3. The lowest BCUT2D eigenvalue weighted by atomic mass is 10.1. The van der Waals surface area contributed by atoms with Crippen LogP contribution < -0.4 is 0 Å². The van der Waals surface area contributed by atoms with Crippen molar-refractivity contribution in [1.82, 2.24) is 19.7 Å². The molecule has 0 fully saturated rings. The van der Waals surface area contributed by atoms with Gasteiger partial charge < -0.3 is 0 Å². The van der Waals surface area contributed by atoms with E-state index in [0.29, 0.717) is 6.04 Å². The van der Waals surface area contributed by atoms with Crippen molar-refractivity contribution < 1.29 is 0 Å². The molecule has 1 unspecified atom stereocenters. The summed E-state index contributed by atoms with van der Waals surface area (Å²) in [4.78, 5) is 6.62. The molecule has 3 rings (SSSR count). The monoisotopic (exact) mass is 320 g/mol. The Bertz CT molecular complexity index is 720. The molecule has 2 heterocycles. The van der Waals surface area contributed by atoms with E-state index in [2.05, 4.69) is 65.2 Å². The van der Waals surface area contributed by atoms with E-state index >= 15 is 0 Å². The van der Waals surface area contributed by atoms with Gasteiger partial charge in [0.15, 0.2) is 0 Å². The molecule has 0 bridgehead atoms. The highest BCUT2D eigenvalue weighted by molar-refractivity contribution is 5.33. The van der Waals surface area contributed by atoms with E-state index in [-0.39, 0.29) is 0 Å². The molecular formula is C20H24N4. The van der Waals surface area contributed by atoms with Crippen molar-refractivity contribution in [3.05, 3.63) is 78.4 Å². The van der Waals surface area contributed by atoms with E-state index in [0.717, 1.165) is 25.2 Å². The van der Waals surface area contributed by atoms with Crippen LogP contribution >= 0.6 is 0 Å². The normalized spacial score (nSPS) is 12.5. The van der Waals surface area contributed by atoms with E-state index in [9.17, 15) is 0 Å². The molecule has 1 atom stereocenters. The third-order valence-electron chi connectivity index (χ3n) is 4.44. The van der Waals surface area contributed by atoms with E-state index in [4.69, 9.17) is 0 Å². The Labute approximate surface area is 143 Å². The summed E-state index contributed by atoms with van der Waals surface area (Å²) in [5, 5.41) is 4.27. The van der Waals surface area contributed by atoms with Crippen LogP contribution in [0.15, 0.2) is 67.3 Å². The van der Waals surface area contributed by atoms with Gasteiger partial charge in [0.2, 0.25) is 0 Å². The predicted octanol–water partition coefficient (Wildman–Crippen LogP) is 4.07. The maximum absolute atomic E-state index is 4.27. The van der Waals surface area contributed by atoms with Crippen molar-refractivity contribution in [2.24, 2.45) is 0 Å². The predicted molar refractivity (Wildman–Crippen MR) is 96.8 cm³/mol. The van der Waals surface area contributed by atoms with Gasteiger partial charge in [0.25, 0.3) is 0 Å². The Morgan fingerprint density at radius 3 is 2.21 bits per heavy atom. The van der Waals surface area contributed by atoms with Crippen LogP contribution in [0.4, 0.5) is 0 Å². The van der Waals surface area contributed by atoms with Gasteiger partial charge in [-0.3, -0.25) is 9.88 Å². The minimum Gasteiger partial charge on any atom is -0.292 e. The molecule has 0 radical (unpaired) electrons. The molecule has 0 saturated carbocycles. The van der Waals surface area contributed by atoms with Crippen LogP contribution in [0.3, 0.4) is 0 Å². The Morgan fingerprint density at radius 1 is 0.958 bits per heavy atom. The van der Waals surface area contributed by atoms with Crippen molar-refractivity contribution in [3.8, 4) is 5.69 Å². The van der Waals surface area contributed by atoms with Gasteiger partial charge in [0.1, 0.15) is 0 Å². The Hall–Kier alpha value is -2.46. The average molecular weight is 320 g/mol. The third-order valence-corrected chi connectivity index (χ3v) is 4.44. The van der Waals surface area contributed by atoms with Crippen LogP contribution in [0.5, 0.6) is 0 Å². The molecule has 0 aliphatic rings. The number of aromatic nitrogens is 3. The van der Waals surface area contributed by atoms with Crippen molar-refractivity contribution in [2.75, 3.05) is 0 Å². The van der Waals surface area contributed by atoms with Crippen molar-refractivity contribution in [3.63, 3.8) is 0 Å². The molecule has 1 aromatic carbocycles. The number of hydrogen-bond acceptors (Lipinski definition) is 3. The van der Waals surface area contributed by atoms with E-state index in [1.807, 2.05) is 29.3 Å². The fraction of sp³-hybridized carbons (Fsp3) is 0.300. The fourth-order valence-electron chi connectivity index (χ4n) is 2.76. The molecule has 0 saturated heterocycles. The molecule has 0 N–H and O–H groups in total. The van der Waals surface area contributed by atoms with Crippen LogP contribution in [0.2, 0.25) is 0 Å². The topological polar surface area (TPSA) is 34.0 Å². The van der Waals surface area contributed by atoms with Crippen LogP contribution in [0.25, 0.3) is 5.69 Å². The van der Waals surface area contributed by atoms with Crippen LogP contribution in [0.1, 0.15) is 31.4 Å². The molecule has 3 aromatic rings. The second kappa shape index (κ2) is 7.88. The lowest BCUT2D eigenvalue weighted by molar-refractivity contribution is 0.186. The fourth-order valence-corrected chi connectivity index (χ4v) is 2.76. The van der Waals surface area contributed by atoms with Crippen molar-refractivity contribution in [1.29, 1.82) is 0 Å². The van der Waals surface area contributed by atoms with Gasteiger partial charge in [-0.2, -0.15) is 5.10 Å². The molecular weight excluding hydrogens is 296 g/mol. The summed E-state index contributed by atoms with van der Waals surface area (Å²) in [5.41, 5.74) is 3.71. The van der Waals surface area contributed by atoms with Crippen LogP contribution in [0, 0.1) is 0 Å². The maximum Gasteiger partial charge on any atom is 0.0645 e. The highest BCUT2D eigenvalue weighted by atomic mass is 15.3. The second-order valence-corrected chi connectivity index (χ2v) is 6.13. The number of hydrogen-bond donors (Lipinski definition) is 0. The summed E-state index contributed by atoms with van der Waals surface area (Å²) in [5.74, 6) is 0. The second-order valence-electron chi connectivity index (χ2n) is 6.13. The van der Waals surface area contributed by atoms with Gasteiger partial charge in [0, 0.05) is 43.9 Å². The summed E-state index contributed by atoms with van der Waals surface area (Å²) in [6.07, 6.45) is 8.62. The molecule has 4 nitrogen and oxygen atoms in total. The van der Waals surface area contributed by atoms with Gasteiger partial charge >= 0.3 is 0 Å². The summed E-state index contributed by atoms with van der Waals surface area (Å²) in [6.45, 7) is 6.42. The molecule has 0 spiro atoms. The van der Waals surface area contributed by atoms with Crippen molar-refractivity contribution in [2.45, 2.75) is 39.4 Å². The highest BCUT2D eigenvalue weighted by Gasteiger charge is 2.13. The average Bonchev–Trinajstić information content (AvgIpc) is 3.16. The van der Waals surface area contributed by atoms with Crippen molar-refractivity contribution >= 4 is 0 Å². The smallest absolute Gasteiger partial charge is 0.0645 e. The van der Waals surface area contributed by atoms with Gasteiger partial charge in [-0.25, -0.2) is 4.68 Å². The zero-order chi connectivity index (χ0) is 16.8. The van der Waals surface area contributed by atoms with Gasteiger partial charge in [-0.15, -0.1) is 0 Å². The number of nitrogens with zero attached hydrogens (tertiary/aromatic N) is 4. The number of pyridine rings is 1. The van der Waals surface area contributed by atoms with Crippen LogP contribution in [-0.4, -0.2) is 25.7 Å². The molecule has 4 heteroatoms. The van der Waals surface area contributed by atoms with Gasteiger partial charge in [0.05, 0.1) is 5.69 Å². The first-order valence-corrected chi connectivity index (χ1v) is 8.48.